The lowest BCUT2D eigenvalue weighted by Crippen LogP contribution is -2.37. The molecule has 1 N–H and O–H groups in total. The number of carbonyl (C=O) groups is 1. The first-order valence-electron chi connectivity index (χ1n) is 6.12. The Morgan fingerprint density at radius 2 is 2.29 bits per heavy atom. The van der Waals surface area contributed by atoms with Crippen molar-refractivity contribution in [2.75, 3.05) is 6.61 Å². The van der Waals surface area contributed by atoms with Crippen LogP contribution in [0.3, 0.4) is 0 Å². The minimum atomic E-state index is -0.179. The molecule has 0 spiro atoms. The second kappa shape index (κ2) is 7.45. The number of nitrogens with one attached hydrogen (secondary N) is 1. The lowest BCUT2D eigenvalue weighted by Gasteiger charge is -2.16. The van der Waals surface area contributed by atoms with Crippen LogP contribution in [0.1, 0.15) is 37.1 Å². The van der Waals surface area contributed by atoms with Crippen molar-refractivity contribution in [2.45, 2.75) is 46.2 Å². The zero-order valence-electron chi connectivity index (χ0n) is 10.8. The summed E-state index contributed by atoms with van der Waals surface area (Å²) in [6.07, 6.45) is 1.79. The second-order valence-electron chi connectivity index (χ2n) is 4.00. The Morgan fingerprint density at radius 1 is 1.53 bits per heavy atom. The van der Waals surface area contributed by atoms with Gasteiger partial charge in [0.2, 0.25) is 0 Å². The zero-order chi connectivity index (χ0) is 12.7. The minimum absolute atomic E-state index is 0.136. The van der Waals surface area contributed by atoms with Crippen LogP contribution in [-0.2, 0) is 16.1 Å². The molecule has 3 nitrogen and oxygen atoms in total. The van der Waals surface area contributed by atoms with Gasteiger partial charge in [-0.25, -0.2) is 0 Å². The Morgan fingerprint density at radius 3 is 2.82 bits per heavy atom. The fourth-order valence-electron chi connectivity index (χ4n) is 1.64. The number of ether oxygens (including phenoxy) is 1. The van der Waals surface area contributed by atoms with Gasteiger partial charge in [-0.15, -0.1) is 11.3 Å². The molecule has 96 valence electrons. The van der Waals surface area contributed by atoms with Crippen LogP contribution >= 0.6 is 11.3 Å². The van der Waals surface area contributed by atoms with Crippen molar-refractivity contribution in [1.29, 1.82) is 0 Å². The van der Waals surface area contributed by atoms with Crippen LogP contribution in [-0.4, -0.2) is 18.6 Å². The lowest BCUT2D eigenvalue weighted by molar-refractivity contribution is -0.145. The van der Waals surface area contributed by atoms with Crippen LogP contribution in [0.5, 0.6) is 0 Å². The maximum Gasteiger partial charge on any atom is 0.323 e. The topological polar surface area (TPSA) is 38.3 Å². The van der Waals surface area contributed by atoms with Crippen LogP contribution in [0.2, 0.25) is 0 Å². The maximum absolute atomic E-state index is 11.7. The molecule has 0 radical (unpaired) electrons. The van der Waals surface area contributed by atoms with Crippen molar-refractivity contribution in [3.8, 4) is 0 Å². The SMILES string of the molecule is CCCC(NCc1sccc1C)C(=O)OCC. The molecule has 1 aromatic rings. The van der Waals surface area contributed by atoms with E-state index in [1.807, 2.05) is 6.92 Å². The van der Waals surface area contributed by atoms with E-state index < -0.39 is 0 Å². The van der Waals surface area contributed by atoms with E-state index in [4.69, 9.17) is 4.74 Å². The number of carbonyl (C=O) groups excluding carboxylic acids is 1. The molecule has 0 aliphatic carbocycles. The number of rotatable bonds is 7. The van der Waals surface area contributed by atoms with Gasteiger partial charge >= 0.3 is 5.97 Å². The highest BCUT2D eigenvalue weighted by Crippen LogP contribution is 2.15. The van der Waals surface area contributed by atoms with Gasteiger partial charge in [0, 0.05) is 11.4 Å². The van der Waals surface area contributed by atoms with Gasteiger partial charge in [-0.1, -0.05) is 13.3 Å². The Bertz CT molecular complexity index is 349. The predicted molar refractivity (Wildman–Crippen MR) is 71.2 cm³/mol. The number of thiophene rings is 1. The first kappa shape index (κ1) is 14.2. The molecular formula is C13H21NO2S. The van der Waals surface area contributed by atoms with E-state index in [9.17, 15) is 4.79 Å². The Hall–Kier alpha value is -0.870. The fraction of sp³-hybridized carbons (Fsp3) is 0.615. The average Bonchev–Trinajstić information content (AvgIpc) is 2.70. The fourth-order valence-corrected chi connectivity index (χ4v) is 2.49. The van der Waals surface area contributed by atoms with Gasteiger partial charge in [-0.2, -0.15) is 0 Å². The second-order valence-corrected chi connectivity index (χ2v) is 5.00. The standard InChI is InChI=1S/C13H21NO2S/c1-4-6-11(13(15)16-5-2)14-9-12-10(3)7-8-17-12/h7-8,11,14H,4-6,9H2,1-3H3. The Labute approximate surface area is 107 Å². The molecule has 1 unspecified atom stereocenters. The number of esters is 1. The molecule has 0 bridgehead atoms. The van der Waals surface area contributed by atoms with E-state index in [1.165, 1.54) is 10.4 Å². The average molecular weight is 255 g/mol. The highest BCUT2D eigenvalue weighted by atomic mass is 32.1. The molecule has 0 saturated heterocycles. The summed E-state index contributed by atoms with van der Waals surface area (Å²) in [6, 6.07) is 1.92. The van der Waals surface area contributed by atoms with Crippen molar-refractivity contribution in [1.82, 2.24) is 5.32 Å². The third-order valence-electron chi connectivity index (χ3n) is 2.63. The zero-order valence-corrected chi connectivity index (χ0v) is 11.6. The third kappa shape index (κ3) is 4.48. The molecule has 0 fully saturated rings. The molecule has 4 heteroatoms. The molecule has 0 saturated carbocycles. The number of hydrogen-bond acceptors (Lipinski definition) is 4. The van der Waals surface area contributed by atoms with Crippen LogP contribution in [0.4, 0.5) is 0 Å². The van der Waals surface area contributed by atoms with E-state index in [0.29, 0.717) is 6.61 Å². The summed E-state index contributed by atoms with van der Waals surface area (Å²) in [7, 11) is 0. The summed E-state index contributed by atoms with van der Waals surface area (Å²) in [4.78, 5) is 13.0. The normalized spacial score (nSPS) is 12.4. The maximum atomic E-state index is 11.7. The summed E-state index contributed by atoms with van der Waals surface area (Å²) >= 11 is 1.72. The quantitative estimate of drug-likeness (QED) is 0.761. The van der Waals surface area contributed by atoms with E-state index >= 15 is 0 Å². The van der Waals surface area contributed by atoms with E-state index in [-0.39, 0.29) is 12.0 Å². The summed E-state index contributed by atoms with van der Waals surface area (Å²) < 4.78 is 5.06. The van der Waals surface area contributed by atoms with Gasteiger partial charge in [0.1, 0.15) is 6.04 Å². The molecule has 1 heterocycles. The summed E-state index contributed by atoms with van der Waals surface area (Å²) in [5.41, 5.74) is 1.28. The van der Waals surface area contributed by atoms with Gasteiger partial charge in [0.05, 0.1) is 6.61 Å². The summed E-state index contributed by atoms with van der Waals surface area (Å²) in [5.74, 6) is -0.136. The molecule has 1 aromatic heterocycles. The van der Waals surface area contributed by atoms with E-state index in [2.05, 4.69) is 30.6 Å². The van der Waals surface area contributed by atoms with Crippen LogP contribution in [0, 0.1) is 6.92 Å². The van der Waals surface area contributed by atoms with E-state index in [1.54, 1.807) is 11.3 Å². The molecular weight excluding hydrogens is 234 g/mol. The first-order valence-corrected chi connectivity index (χ1v) is 7.00. The molecule has 0 aliphatic rings. The van der Waals surface area contributed by atoms with Crippen LogP contribution < -0.4 is 5.32 Å². The summed E-state index contributed by atoms with van der Waals surface area (Å²) in [6.45, 7) is 7.19. The van der Waals surface area contributed by atoms with Crippen molar-refractivity contribution < 1.29 is 9.53 Å². The van der Waals surface area contributed by atoms with Gasteiger partial charge < -0.3 is 4.74 Å². The molecule has 0 aliphatic heterocycles. The van der Waals surface area contributed by atoms with Crippen molar-refractivity contribution in [3.05, 3.63) is 21.9 Å². The smallest absolute Gasteiger partial charge is 0.323 e. The van der Waals surface area contributed by atoms with Gasteiger partial charge in [-0.3, -0.25) is 10.1 Å². The molecule has 1 atom stereocenters. The van der Waals surface area contributed by atoms with Crippen molar-refractivity contribution in [3.63, 3.8) is 0 Å². The molecule has 0 amide bonds. The molecule has 1 rings (SSSR count). The van der Waals surface area contributed by atoms with Crippen LogP contribution in [0.25, 0.3) is 0 Å². The van der Waals surface area contributed by atoms with Gasteiger partial charge in [0.15, 0.2) is 0 Å². The third-order valence-corrected chi connectivity index (χ3v) is 3.65. The Kier molecular flexibility index (Phi) is 6.22. The number of aryl methyl sites for hydroxylation is 1. The minimum Gasteiger partial charge on any atom is -0.465 e. The number of hydrogen-bond donors (Lipinski definition) is 1. The Balaban J connectivity index is 2.49. The first-order chi connectivity index (χ1) is 8.19. The van der Waals surface area contributed by atoms with Crippen molar-refractivity contribution in [2.24, 2.45) is 0 Å². The molecule has 17 heavy (non-hydrogen) atoms. The highest BCUT2D eigenvalue weighted by molar-refractivity contribution is 7.10. The van der Waals surface area contributed by atoms with Gasteiger partial charge in [-0.05, 0) is 37.3 Å². The largest absolute Gasteiger partial charge is 0.465 e. The van der Waals surface area contributed by atoms with Crippen LogP contribution in [0.15, 0.2) is 11.4 Å². The monoisotopic (exact) mass is 255 g/mol. The van der Waals surface area contributed by atoms with Gasteiger partial charge in [0.25, 0.3) is 0 Å². The summed E-state index contributed by atoms with van der Waals surface area (Å²) in [5, 5.41) is 5.36. The van der Waals surface area contributed by atoms with E-state index in [0.717, 1.165) is 19.4 Å². The lowest BCUT2D eigenvalue weighted by atomic mass is 10.1. The highest BCUT2D eigenvalue weighted by Gasteiger charge is 2.18. The molecule has 0 aromatic carbocycles. The van der Waals surface area contributed by atoms with Crippen molar-refractivity contribution >= 4 is 17.3 Å². The predicted octanol–water partition coefficient (Wildman–Crippen LogP) is 2.88.